The van der Waals surface area contributed by atoms with Gasteiger partial charge in [0.2, 0.25) is 0 Å². The first kappa shape index (κ1) is 9.96. The molecular formula is C13H9FN2O. The molecule has 0 fully saturated rings. The summed E-state index contributed by atoms with van der Waals surface area (Å²) in [5, 5.41) is 0. The third-order valence-corrected chi connectivity index (χ3v) is 2.51. The Balaban J connectivity index is 2.17. The number of fused-ring (bicyclic) bond motifs is 1. The fraction of sp³-hybridized carbons (Fsp3) is 0.0769. The first-order chi connectivity index (χ1) is 8.22. The topological polar surface area (TPSA) is 38.9 Å². The van der Waals surface area contributed by atoms with E-state index in [-0.39, 0.29) is 5.82 Å². The molecule has 0 aliphatic carbocycles. The molecule has 0 aliphatic rings. The normalized spacial score (nSPS) is 10.9. The molecule has 0 spiro atoms. The second-order valence-corrected chi connectivity index (χ2v) is 3.79. The summed E-state index contributed by atoms with van der Waals surface area (Å²) in [6.07, 6.45) is 1.67. The van der Waals surface area contributed by atoms with E-state index in [1.807, 2.05) is 12.1 Å². The van der Waals surface area contributed by atoms with Gasteiger partial charge < -0.3 is 4.42 Å². The zero-order chi connectivity index (χ0) is 11.8. The smallest absolute Gasteiger partial charge is 0.198 e. The largest absolute Gasteiger partial charge is 0.439 e. The van der Waals surface area contributed by atoms with E-state index in [1.165, 1.54) is 12.1 Å². The molecule has 0 bridgehead atoms. The van der Waals surface area contributed by atoms with Gasteiger partial charge in [-0.3, -0.25) is 0 Å². The van der Waals surface area contributed by atoms with Crippen LogP contribution in [0.5, 0.6) is 0 Å². The van der Waals surface area contributed by atoms with Crippen LogP contribution in [0.4, 0.5) is 4.39 Å². The predicted molar refractivity (Wildman–Crippen MR) is 61.9 cm³/mol. The Morgan fingerprint density at radius 2 is 2.06 bits per heavy atom. The van der Waals surface area contributed by atoms with Crippen molar-refractivity contribution in [3.8, 4) is 11.1 Å². The third-order valence-electron chi connectivity index (χ3n) is 2.51. The third kappa shape index (κ3) is 1.78. The molecule has 0 saturated carbocycles. The van der Waals surface area contributed by atoms with Gasteiger partial charge in [-0.2, -0.15) is 4.98 Å². The second kappa shape index (κ2) is 3.66. The van der Waals surface area contributed by atoms with Crippen LogP contribution < -0.4 is 0 Å². The van der Waals surface area contributed by atoms with Crippen molar-refractivity contribution in [2.45, 2.75) is 6.92 Å². The Morgan fingerprint density at radius 1 is 1.18 bits per heavy atom. The molecule has 0 amide bonds. The molecule has 1 aromatic carbocycles. The molecule has 0 aliphatic heterocycles. The lowest BCUT2D eigenvalue weighted by Gasteiger charge is -2.00. The minimum atomic E-state index is -0.267. The average Bonchev–Trinajstić information content (AvgIpc) is 2.68. The molecule has 2 heterocycles. The number of rotatable bonds is 1. The van der Waals surface area contributed by atoms with Crippen molar-refractivity contribution in [1.29, 1.82) is 0 Å². The number of hydrogen-bond acceptors (Lipinski definition) is 3. The number of aromatic nitrogens is 2. The average molecular weight is 228 g/mol. The molecule has 2 aromatic heterocycles. The molecule has 0 atom stereocenters. The van der Waals surface area contributed by atoms with Gasteiger partial charge in [-0.05, 0) is 23.8 Å². The van der Waals surface area contributed by atoms with Crippen molar-refractivity contribution in [2.75, 3.05) is 0 Å². The minimum Gasteiger partial charge on any atom is -0.439 e. The number of oxazole rings is 1. The highest BCUT2D eigenvalue weighted by atomic mass is 19.1. The van der Waals surface area contributed by atoms with Crippen molar-refractivity contribution in [2.24, 2.45) is 0 Å². The molecule has 0 radical (unpaired) electrons. The van der Waals surface area contributed by atoms with E-state index in [0.29, 0.717) is 17.1 Å². The van der Waals surface area contributed by atoms with Crippen LogP contribution in [0.3, 0.4) is 0 Å². The summed E-state index contributed by atoms with van der Waals surface area (Å²) in [7, 11) is 0. The Hall–Kier alpha value is -2.23. The zero-order valence-electron chi connectivity index (χ0n) is 9.14. The maximum Gasteiger partial charge on any atom is 0.198 e. The molecule has 3 rings (SSSR count). The van der Waals surface area contributed by atoms with Gasteiger partial charge in [-0.1, -0.05) is 12.1 Å². The fourth-order valence-corrected chi connectivity index (χ4v) is 1.75. The summed E-state index contributed by atoms with van der Waals surface area (Å²) >= 11 is 0. The van der Waals surface area contributed by atoms with Crippen molar-refractivity contribution >= 4 is 11.2 Å². The van der Waals surface area contributed by atoms with E-state index in [9.17, 15) is 4.39 Å². The summed E-state index contributed by atoms with van der Waals surface area (Å²) < 4.78 is 18.5. The van der Waals surface area contributed by atoms with E-state index in [1.54, 1.807) is 19.2 Å². The highest BCUT2D eigenvalue weighted by Gasteiger charge is 2.06. The number of halogens is 1. The quantitative estimate of drug-likeness (QED) is 0.641. The molecule has 3 nitrogen and oxygen atoms in total. The minimum absolute atomic E-state index is 0.267. The highest BCUT2D eigenvalue weighted by molar-refractivity contribution is 5.76. The van der Waals surface area contributed by atoms with Gasteiger partial charge in [0.25, 0.3) is 0 Å². The second-order valence-electron chi connectivity index (χ2n) is 3.79. The summed E-state index contributed by atoms with van der Waals surface area (Å²) in [6, 6.07) is 8.19. The van der Waals surface area contributed by atoms with Crippen LogP contribution in [-0.2, 0) is 0 Å². The monoisotopic (exact) mass is 228 g/mol. The lowest BCUT2D eigenvalue weighted by atomic mass is 10.1. The number of hydrogen-bond donors (Lipinski definition) is 0. The molecule has 17 heavy (non-hydrogen) atoms. The lowest BCUT2D eigenvalue weighted by Crippen LogP contribution is -1.82. The molecule has 4 heteroatoms. The summed E-state index contributed by atoms with van der Waals surface area (Å²) in [5.41, 5.74) is 2.77. The summed E-state index contributed by atoms with van der Waals surface area (Å²) in [4.78, 5) is 8.29. The summed E-state index contributed by atoms with van der Waals surface area (Å²) in [5.74, 6) is 0.306. The van der Waals surface area contributed by atoms with Gasteiger partial charge in [-0.25, -0.2) is 9.37 Å². The van der Waals surface area contributed by atoms with E-state index in [2.05, 4.69) is 9.97 Å². The Morgan fingerprint density at radius 3 is 2.88 bits per heavy atom. The van der Waals surface area contributed by atoms with Gasteiger partial charge >= 0.3 is 0 Å². The van der Waals surface area contributed by atoms with Crippen molar-refractivity contribution in [1.82, 2.24) is 9.97 Å². The number of pyridine rings is 1. The van der Waals surface area contributed by atoms with E-state index in [0.717, 1.165) is 11.1 Å². The molecule has 3 aromatic rings. The molecule has 84 valence electrons. The van der Waals surface area contributed by atoms with Crippen LogP contribution in [0.1, 0.15) is 5.89 Å². The molecule has 0 saturated heterocycles. The van der Waals surface area contributed by atoms with Crippen LogP contribution >= 0.6 is 0 Å². The summed E-state index contributed by atoms with van der Waals surface area (Å²) in [6.45, 7) is 1.77. The number of nitrogens with zero attached hydrogens (tertiary/aromatic N) is 2. The van der Waals surface area contributed by atoms with Crippen molar-refractivity contribution in [3.63, 3.8) is 0 Å². The van der Waals surface area contributed by atoms with Crippen LogP contribution in [0.25, 0.3) is 22.4 Å². The van der Waals surface area contributed by atoms with E-state index < -0.39 is 0 Å². The number of benzene rings is 1. The first-order valence-electron chi connectivity index (χ1n) is 5.21. The van der Waals surface area contributed by atoms with Gasteiger partial charge in [0.15, 0.2) is 17.1 Å². The Bertz CT molecular complexity index is 691. The molecular weight excluding hydrogens is 219 g/mol. The molecule has 0 unspecified atom stereocenters. The maximum atomic E-state index is 13.1. The highest BCUT2D eigenvalue weighted by Crippen LogP contribution is 2.23. The van der Waals surface area contributed by atoms with Gasteiger partial charge in [0.1, 0.15) is 5.82 Å². The van der Waals surface area contributed by atoms with Crippen LogP contribution in [0.15, 0.2) is 40.9 Å². The van der Waals surface area contributed by atoms with Crippen LogP contribution in [0.2, 0.25) is 0 Å². The lowest BCUT2D eigenvalue weighted by molar-refractivity contribution is 0.561. The maximum absolute atomic E-state index is 13.1. The Kier molecular flexibility index (Phi) is 2.14. The first-order valence-corrected chi connectivity index (χ1v) is 5.21. The van der Waals surface area contributed by atoms with E-state index >= 15 is 0 Å². The van der Waals surface area contributed by atoms with Gasteiger partial charge in [0, 0.05) is 18.7 Å². The SMILES string of the molecule is Cc1nc2ncc(-c3cccc(F)c3)cc2o1. The van der Waals surface area contributed by atoms with E-state index in [4.69, 9.17) is 4.42 Å². The zero-order valence-corrected chi connectivity index (χ0v) is 9.14. The predicted octanol–water partition coefficient (Wildman–Crippen LogP) is 3.34. The van der Waals surface area contributed by atoms with Crippen LogP contribution in [0, 0.1) is 12.7 Å². The van der Waals surface area contributed by atoms with Gasteiger partial charge in [-0.15, -0.1) is 0 Å². The van der Waals surface area contributed by atoms with Crippen molar-refractivity contribution < 1.29 is 8.81 Å². The standard InChI is InChI=1S/C13H9FN2O/c1-8-16-13-12(17-8)6-10(7-15-13)9-3-2-4-11(14)5-9/h2-7H,1H3. The van der Waals surface area contributed by atoms with Crippen LogP contribution in [-0.4, -0.2) is 9.97 Å². The molecule has 0 N–H and O–H groups in total. The van der Waals surface area contributed by atoms with Crippen molar-refractivity contribution in [3.05, 3.63) is 48.2 Å². The number of aryl methyl sites for hydroxylation is 1. The Labute approximate surface area is 96.9 Å². The fourth-order valence-electron chi connectivity index (χ4n) is 1.75. The van der Waals surface area contributed by atoms with Gasteiger partial charge in [0.05, 0.1) is 0 Å².